The van der Waals surface area contributed by atoms with Crippen LogP contribution in [-0.4, -0.2) is 13.1 Å². The zero-order valence-corrected chi connectivity index (χ0v) is 11.4. The highest BCUT2D eigenvalue weighted by Crippen LogP contribution is 2.34. The Morgan fingerprint density at radius 3 is 2.75 bits per heavy atom. The predicted octanol–water partition coefficient (Wildman–Crippen LogP) is 3.78. The lowest BCUT2D eigenvalue weighted by Gasteiger charge is -2.30. The van der Waals surface area contributed by atoms with Crippen molar-refractivity contribution < 1.29 is 0 Å². The molecule has 16 heavy (non-hydrogen) atoms. The third kappa shape index (κ3) is 2.91. The minimum absolute atomic E-state index is 0. The number of nitrogens with one attached hydrogen (secondary N) is 1. The molecule has 1 heterocycles. The van der Waals surface area contributed by atoms with Crippen LogP contribution in [0.1, 0.15) is 30.4 Å². The van der Waals surface area contributed by atoms with Crippen molar-refractivity contribution in [2.75, 3.05) is 13.1 Å². The molecule has 3 heteroatoms. The van der Waals surface area contributed by atoms with Gasteiger partial charge in [0.2, 0.25) is 0 Å². The molecular weight excluding hydrogens is 241 g/mol. The molecule has 1 fully saturated rings. The van der Waals surface area contributed by atoms with E-state index in [1.165, 1.54) is 17.5 Å². The fourth-order valence-corrected chi connectivity index (χ4v) is 2.78. The van der Waals surface area contributed by atoms with Crippen molar-refractivity contribution in [2.45, 2.75) is 26.2 Å². The summed E-state index contributed by atoms with van der Waals surface area (Å²) >= 11 is 6.31. The number of halogens is 2. The van der Waals surface area contributed by atoms with Crippen LogP contribution in [0.25, 0.3) is 0 Å². The number of hydrogen-bond acceptors (Lipinski definition) is 1. The lowest BCUT2D eigenvalue weighted by molar-refractivity contribution is 0.349. The van der Waals surface area contributed by atoms with Crippen LogP contribution in [0.2, 0.25) is 5.02 Å². The fraction of sp³-hybridized carbons (Fsp3) is 0.538. The molecule has 0 aliphatic carbocycles. The Labute approximate surface area is 109 Å². The Morgan fingerprint density at radius 2 is 2.12 bits per heavy atom. The van der Waals surface area contributed by atoms with Gasteiger partial charge in [0.15, 0.2) is 0 Å². The first-order chi connectivity index (χ1) is 7.18. The van der Waals surface area contributed by atoms with Gasteiger partial charge in [-0.25, -0.2) is 0 Å². The van der Waals surface area contributed by atoms with E-state index < -0.39 is 0 Å². The number of rotatable bonds is 1. The zero-order chi connectivity index (χ0) is 10.8. The number of aryl methyl sites for hydroxylation is 1. The van der Waals surface area contributed by atoms with Gasteiger partial charge in [-0.1, -0.05) is 30.7 Å². The highest BCUT2D eigenvalue weighted by Gasteiger charge is 2.24. The third-order valence-electron chi connectivity index (χ3n) is 3.34. The Kier molecular flexibility index (Phi) is 5.10. The van der Waals surface area contributed by atoms with E-state index >= 15 is 0 Å². The van der Waals surface area contributed by atoms with Crippen LogP contribution in [0, 0.1) is 12.8 Å². The lowest BCUT2D eigenvalue weighted by atomic mass is 9.82. The molecule has 2 atom stereocenters. The molecule has 90 valence electrons. The maximum absolute atomic E-state index is 6.31. The second kappa shape index (κ2) is 5.90. The standard InChI is InChI=1S/C13H18ClN.ClH/c1-9-3-4-12(13(14)7-9)11-5-6-15-8-10(11)2;/h3-4,7,10-11,15H,5-6,8H2,1-2H3;1H. The van der Waals surface area contributed by atoms with Crippen LogP contribution < -0.4 is 5.32 Å². The smallest absolute Gasteiger partial charge is 0.0443 e. The van der Waals surface area contributed by atoms with E-state index in [-0.39, 0.29) is 12.4 Å². The Hall–Kier alpha value is -0.240. The molecule has 0 bridgehead atoms. The second-order valence-electron chi connectivity index (χ2n) is 4.60. The number of piperidine rings is 1. The highest BCUT2D eigenvalue weighted by atomic mass is 35.5. The molecule has 0 radical (unpaired) electrons. The van der Waals surface area contributed by atoms with E-state index in [1.807, 2.05) is 0 Å². The molecule has 0 amide bonds. The Bertz CT molecular complexity index is 352. The van der Waals surface area contributed by atoms with Crippen LogP contribution in [-0.2, 0) is 0 Å². The third-order valence-corrected chi connectivity index (χ3v) is 3.67. The van der Waals surface area contributed by atoms with Crippen molar-refractivity contribution in [1.82, 2.24) is 5.32 Å². The summed E-state index contributed by atoms with van der Waals surface area (Å²) in [5.74, 6) is 1.30. The van der Waals surface area contributed by atoms with Crippen LogP contribution >= 0.6 is 24.0 Å². The summed E-state index contributed by atoms with van der Waals surface area (Å²) in [5.41, 5.74) is 2.57. The van der Waals surface area contributed by atoms with Crippen molar-refractivity contribution >= 4 is 24.0 Å². The van der Waals surface area contributed by atoms with Gasteiger partial charge in [0, 0.05) is 5.02 Å². The average molecular weight is 260 g/mol. The molecule has 1 aliphatic heterocycles. The highest BCUT2D eigenvalue weighted by molar-refractivity contribution is 6.31. The molecule has 0 saturated carbocycles. The molecule has 1 N–H and O–H groups in total. The monoisotopic (exact) mass is 259 g/mol. The molecule has 0 spiro atoms. The fourth-order valence-electron chi connectivity index (χ4n) is 2.41. The van der Waals surface area contributed by atoms with Crippen LogP contribution in [0.15, 0.2) is 18.2 Å². The van der Waals surface area contributed by atoms with Crippen molar-refractivity contribution in [1.29, 1.82) is 0 Å². The molecular formula is C13H19Cl2N. The normalized spacial score (nSPS) is 24.9. The van der Waals surface area contributed by atoms with Crippen molar-refractivity contribution in [3.63, 3.8) is 0 Å². The first-order valence-corrected chi connectivity index (χ1v) is 6.03. The van der Waals surface area contributed by atoms with Gasteiger partial charge in [-0.15, -0.1) is 12.4 Å². The number of benzene rings is 1. The van der Waals surface area contributed by atoms with E-state index in [0.717, 1.165) is 18.1 Å². The van der Waals surface area contributed by atoms with Crippen molar-refractivity contribution in [3.05, 3.63) is 34.3 Å². The topological polar surface area (TPSA) is 12.0 Å². The molecule has 0 aromatic heterocycles. The quantitative estimate of drug-likeness (QED) is 0.810. The van der Waals surface area contributed by atoms with Gasteiger partial charge < -0.3 is 5.32 Å². The average Bonchev–Trinajstić information content (AvgIpc) is 2.20. The minimum atomic E-state index is 0. The van der Waals surface area contributed by atoms with Gasteiger partial charge in [-0.2, -0.15) is 0 Å². The van der Waals surface area contributed by atoms with Gasteiger partial charge >= 0.3 is 0 Å². The Morgan fingerprint density at radius 1 is 1.38 bits per heavy atom. The second-order valence-corrected chi connectivity index (χ2v) is 5.01. The number of hydrogen-bond donors (Lipinski definition) is 1. The summed E-state index contributed by atoms with van der Waals surface area (Å²) in [6, 6.07) is 6.44. The van der Waals surface area contributed by atoms with Crippen LogP contribution in [0.4, 0.5) is 0 Å². The lowest BCUT2D eigenvalue weighted by Crippen LogP contribution is -2.33. The summed E-state index contributed by atoms with van der Waals surface area (Å²) < 4.78 is 0. The van der Waals surface area contributed by atoms with E-state index in [0.29, 0.717) is 11.8 Å². The summed E-state index contributed by atoms with van der Waals surface area (Å²) in [7, 11) is 0. The van der Waals surface area contributed by atoms with Gasteiger partial charge in [0.05, 0.1) is 0 Å². The summed E-state index contributed by atoms with van der Waals surface area (Å²) in [5, 5.41) is 4.36. The summed E-state index contributed by atoms with van der Waals surface area (Å²) in [6.45, 7) is 6.60. The molecule has 1 aromatic carbocycles. The zero-order valence-electron chi connectivity index (χ0n) is 9.79. The van der Waals surface area contributed by atoms with Crippen LogP contribution in [0.5, 0.6) is 0 Å². The summed E-state index contributed by atoms with van der Waals surface area (Å²) in [6.07, 6.45) is 1.20. The van der Waals surface area contributed by atoms with Crippen molar-refractivity contribution in [3.8, 4) is 0 Å². The van der Waals surface area contributed by atoms with E-state index in [2.05, 4.69) is 37.4 Å². The maximum Gasteiger partial charge on any atom is 0.0443 e. The van der Waals surface area contributed by atoms with E-state index in [9.17, 15) is 0 Å². The Balaban J connectivity index is 0.00000128. The van der Waals surface area contributed by atoms with E-state index in [1.54, 1.807) is 0 Å². The van der Waals surface area contributed by atoms with Gasteiger partial charge in [0.1, 0.15) is 0 Å². The maximum atomic E-state index is 6.31. The van der Waals surface area contributed by atoms with Gasteiger partial charge in [-0.05, 0) is 55.5 Å². The predicted molar refractivity (Wildman–Crippen MR) is 72.8 cm³/mol. The SMILES string of the molecule is Cc1ccc(C2CCNCC2C)c(Cl)c1.Cl. The molecule has 1 saturated heterocycles. The molecule has 1 aromatic rings. The first kappa shape index (κ1) is 13.8. The van der Waals surface area contributed by atoms with Gasteiger partial charge in [0.25, 0.3) is 0 Å². The molecule has 1 aliphatic rings. The van der Waals surface area contributed by atoms with Gasteiger partial charge in [-0.3, -0.25) is 0 Å². The molecule has 1 nitrogen and oxygen atoms in total. The summed E-state index contributed by atoms with van der Waals surface area (Å²) in [4.78, 5) is 0. The largest absolute Gasteiger partial charge is 0.316 e. The molecule has 2 rings (SSSR count). The van der Waals surface area contributed by atoms with Crippen molar-refractivity contribution in [2.24, 2.45) is 5.92 Å². The van der Waals surface area contributed by atoms with Crippen LogP contribution in [0.3, 0.4) is 0 Å². The van der Waals surface area contributed by atoms with E-state index in [4.69, 9.17) is 11.6 Å². The molecule has 2 unspecified atom stereocenters. The minimum Gasteiger partial charge on any atom is -0.316 e. The first-order valence-electron chi connectivity index (χ1n) is 5.65.